The van der Waals surface area contributed by atoms with Gasteiger partial charge in [0, 0.05) is 6.08 Å². The summed E-state index contributed by atoms with van der Waals surface area (Å²) in [6, 6.07) is 15.3. The molecule has 0 aromatic heterocycles. The molecule has 34 heavy (non-hydrogen) atoms. The van der Waals surface area contributed by atoms with Crippen LogP contribution in [-0.4, -0.2) is 35.1 Å². The van der Waals surface area contributed by atoms with Crippen LogP contribution in [-0.2, 0) is 19.7 Å². The Kier molecular flexibility index (Phi) is 12.0. The van der Waals surface area contributed by atoms with Gasteiger partial charge in [-0.25, -0.2) is 9.59 Å². The smallest absolute Gasteiger partial charge is 0.335 e. The van der Waals surface area contributed by atoms with Gasteiger partial charge in [0.2, 0.25) is 0 Å². The van der Waals surface area contributed by atoms with Crippen molar-refractivity contribution in [2.75, 3.05) is 0 Å². The third kappa shape index (κ3) is 10.7. The third-order valence-corrected chi connectivity index (χ3v) is 5.33. The average molecular weight is 485 g/mol. The zero-order valence-corrected chi connectivity index (χ0v) is 19.6. The molecule has 180 valence electrons. The minimum atomic E-state index is -4.06. The minimum Gasteiger partial charge on any atom is -0.478 e. The number of carboxylic acid groups (broad SMARTS) is 2. The topological polar surface area (TPSA) is 129 Å². The first-order valence-electron chi connectivity index (χ1n) is 10.4. The van der Waals surface area contributed by atoms with E-state index in [1.165, 1.54) is 12.1 Å². The molecule has 0 aliphatic rings. The summed E-state index contributed by atoms with van der Waals surface area (Å²) in [4.78, 5) is 21.9. The maximum absolute atomic E-state index is 11.4. The lowest BCUT2D eigenvalue weighted by molar-refractivity contribution is -0.132. The number of hydrogen-bond acceptors (Lipinski definition) is 4. The summed E-state index contributed by atoms with van der Waals surface area (Å²) < 4.78 is 29.7. The first-order valence-corrected chi connectivity index (χ1v) is 11.8. The first kappa shape index (κ1) is 28.3. The molecule has 0 bridgehead atoms. The molecule has 0 fully saturated rings. The second kappa shape index (κ2) is 14.4. The second-order valence-corrected chi connectivity index (χ2v) is 8.43. The molecule has 0 heterocycles. The Hall–Kier alpha value is -3.75. The normalized spacial score (nSPS) is 12.1. The molecule has 2 aromatic rings. The highest BCUT2D eigenvalue weighted by Crippen LogP contribution is 2.18. The maximum atomic E-state index is 11.4. The zero-order chi connectivity index (χ0) is 25.6. The van der Waals surface area contributed by atoms with E-state index in [9.17, 15) is 23.1 Å². The van der Waals surface area contributed by atoms with Gasteiger partial charge in [0.05, 0.1) is 10.5 Å². The molecule has 2 rings (SSSR count). The van der Waals surface area contributed by atoms with E-state index < -0.39 is 22.1 Å². The molecule has 0 unspecified atom stereocenters. The van der Waals surface area contributed by atoms with Crippen LogP contribution >= 0.6 is 0 Å². The minimum absolute atomic E-state index is 0.0167. The summed E-state index contributed by atoms with van der Waals surface area (Å²) in [6.07, 6.45) is 9.53. The van der Waals surface area contributed by atoms with Crippen LogP contribution in [0, 0.1) is 0 Å². The lowest BCUT2D eigenvalue weighted by Gasteiger charge is -2.05. The van der Waals surface area contributed by atoms with Crippen LogP contribution in [0.2, 0.25) is 0 Å². The van der Waals surface area contributed by atoms with Gasteiger partial charge < -0.3 is 10.2 Å². The van der Waals surface area contributed by atoms with E-state index in [2.05, 4.69) is 6.58 Å². The maximum Gasteiger partial charge on any atom is 0.335 e. The molecule has 0 radical (unpaired) electrons. The van der Waals surface area contributed by atoms with Crippen LogP contribution in [0.1, 0.15) is 37.3 Å². The first-order chi connectivity index (χ1) is 16.1. The van der Waals surface area contributed by atoms with E-state index in [1.54, 1.807) is 24.3 Å². The summed E-state index contributed by atoms with van der Waals surface area (Å²) in [6.45, 7) is 5.53. The number of aliphatic carboxylic acids is 2. The van der Waals surface area contributed by atoms with Crippen molar-refractivity contribution in [3.05, 3.63) is 102 Å². The van der Waals surface area contributed by atoms with Gasteiger partial charge >= 0.3 is 11.9 Å². The summed E-state index contributed by atoms with van der Waals surface area (Å²) in [7, 11) is -4.06. The summed E-state index contributed by atoms with van der Waals surface area (Å²) in [5, 5.41) is 18.0. The van der Waals surface area contributed by atoms with Crippen molar-refractivity contribution in [2.45, 2.75) is 31.1 Å². The molecular formula is C26H28O7S. The van der Waals surface area contributed by atoms with Gasteiger partial charge in [-0.3, -0.25) is 4.55 Å². The summed E-state index contributed by atoms with van der Waals surface area (Å²) >= 11 is 0. The number of carboxylic acids is 2. The van der Waals surface area contributed by atoms with Crippen LogP contribution in [0.25, 0.3) is 12.2 Å². The summed E-state index contributed by atoms with van der Waals surface area (Å²) in [5.74, 6) is -2.29. The van der Waals surface area contributed by atoms with Gasteiger partial charge in [-0.2, -0.15) is 8.42 Å². The molecule has 0 aliphatic heterocycles. The molecule has 8 heteroatoms. The highest BCUT2D eigenvalue weighted by atomic mass is 32.2. The fourth-order valence-electron chi connectivity index (χ4n) is 2.68. The van der Waals surface area contributed by atoms with E-state index in [4.69, 9.17) is 9.66 Å². The van der Waals surface area contributed by atoms with Crippen LogP contribution < -0.4 is 0 Å². The van der Waals surface area contributed by atoms with Gasteiger partial charge in [0.25, 0.3) is 10.1 Å². The Morgan fingerprint density at radius 1 is 0.912 bits per heavy atom. The Labute approximate surface area is 199 Å². The number of allylic oxidation sites excluding steroid dienone is 2. The highest BCUT2D eigenvalue weighted by molar-refractivity contribution is 7.85. The Balaban J connectivity index is 0.000000404. The molecular weight excluding hydrogens is 456 g/mol. The largest absolute Gasteiger partial charge is 0.478 e. The predicted molar refractivity (Wildman–Crippen MR) is 133 cm³/mol. The SMILES string of the molecule is C=Cc1ccc(S(=O)(=O)O)cc1.CCCCC(C=Cc1ccccc1)=C(C=CC(=O)O)C(=O)O. The monoisotopic (exact) mass is 484 g/mol. The van der Waals surface area contributed by atoms with Gasteiger partial charge in [-0.15, -0.1) is 0 Å². The number of unbranched alkanes of at least 4 members (excludes halogenated alkanes) is 1. The fraction of sp³-hybridized carbons (Fsp3) is 0.154. The molecule has 3 N–H and O–H groups in total. The van der Waals surface area contributed by atoms with Crippen molar-refractivity contribution >= 4 is 34.2 Å². The highest BCUT2D eigenvalue weighted by Gasteiger charge is 2.10. The van der Waals surface area contributed by atoms with E-state index in [0.717, 1.165) is 36.1 Å². The van der Waals surface area contributed by atoms with Crippen molar-refractivity contribution < 1.29 is 32.8 Å². The molecule has 0 saturated carbocycles. The van der Waals surface area contributed by atoms with Gasteiger partial charge in [-0.05, 0) is 47.8 Å². The van der Waals surface area contributed by atoms with Crippen LogP contribution in [0.3, 0.4) is 0 Å². The Morgan fingerprint density at radius 2 is 1.53 bits per heavy atom. The molecule has 0 amide bonds. The molecule has 0 saturated heterocycles. The van der Waals surface area contributed by atoms with Crippen molar-refractivity contribution in [2.24, 2.45) is 0 Å². The van der Waals surface area contributed by atoms with Gasteiger partial charge in [0.15, 0.2) is 0 Å². The van der Waals surface area contributed by atoms with Gasteiger partial charge in [0.1, 0.15) is 0 Å². The third-order valence-electron chi connectivity index (χ3n) is 4.46. The van der Waals surface area contributed by atoms with E-state index >= 15 is 0 Å². The zero-order valence-electron chi connectivity index (χ0n) is 18.8. The quantitative estimate of drug-likeness (QED) is 0.231. The van der Waals surface area contributed by atoms with E-state index in [-0.39, 0.29) is 10.5 Å². The lowest BCUT2D eigenvalue weighted by atomic mass is 10.00. The molecule has 2 aromatic carbocycles. The summed E-state index contributed by atoms with van der Waals surface area (Å²) in [5.41, 5.74) is 2.41. The standard InChI is InChI=1S/C18H20O4.C8H8O3S/c1-2-3-9-15(11-10-14-7-5-4-6-8-14)16(18(21)22)12-13-17(19)20;1-2-7-3-5-8(6-4-7)12(9,10)11/h4-8,10-13H,2-3,9H2,1H3,(H,19,20)(H,21,22);2-6H,1H2,(H,9,10,11). The fourth-order valence-corrected chi connectivity index (χ4v) is 3.16. The number of hydrogen-bond donors (Lipinski definition) is 3. The van der Waals surface area contributed by atoms with Crippen LogP contribution in [0.4, 0.5) is 0 Å². The number of carbonyl (C=O) groups is 2. The van der Waals surface area contributed by atoms with Crippen LogP contribution in [0.15, 0.2) is 95.4 Å². The predicted octanol–water partition coefficient (Wildman–Crippen LogP) is 5.49. The number of rotatable bonds is 10. The lowest BCUT2D eigenvalue weighted by Crippen LogP contribution is -2.03. The van der Waals surface area contributed by atoms with E-state index in [1.807, 2.05) is 43.3 Å². The van der Waals surface area contributed by atoms with Crippen molar-refractivity contribution in [1.82, 2.24) is 0 Å². The molecule has 0 atom stereocenters. The second-order valence-electron chi connectivity index (χ2n) is 7.01. The molecule has 0 aliphatic carbocycles. The van der Waals surface area contributed by atoms with Gasteiger partial charge in [-0.1, -0.05) is 80.6 Å². The van der Waals surface area contributed by atoms with Crippen molar-refractivity contribution in [1.29, 1.82) is 0 Å². The van der Waals surface area contributed by atoms with E-state index in [0.29, 0.717) is 12.0 Å². The van der Waals surface area contributed by atoms with Crippen molar-refractivity contribution in [3.63, 3.8) is 0 Å². The molecule has 0 spiro atoms. The average Bonchev–Trinajstić information content (AvgIpc) is 2.80. The van der Waals surface area contributed by atoms with Crippen molar-refractivity contribution in [3.8, 4) is 0 Å². The number of benzene rings is 2. The Bertz CT molecular complexity index is 1160. The Morgan fingerprint density at radius 3 is 2.00 bits per heavy atom. The van der Waals surface area contributed by atoms with Crippen LogP contribution in [0.5, 0.6) is 0 Å². The molecule has 7 nitrogen and oxygen atoms in total.